The van der Waals surface area contributed by atoms with E-state index in [0.29, 0.717) is 27.1 Å². The van der Waals surface area contributed by atoms with Gasteiger partial charge in [-0.25, -0.2) is 15.0 Å². The molecule has 10 rings (SSSR count). The lowest BCUT2D eigenvalue weighted by atomic mass is 10.0. The zero-order chi connectivity index (χ0) is 43.5. The van der Waals surface area contributed by atoms with Gasteiger partial charge < -0.3 is 4.57 Å². The highest BCUT2D eigenvalue weighted by Gasteiger charge is 2.19. The van der Waals surface area contributed by atoms with E-state index in [1.807, 2.05) is 60.7 Å². The topological polar surface area (TPSA) is 43.6 Å². The van der Waals surface area contributed by atoms with Crippen molar-refractivity contribution in [3.8, 4) is 51.0 Å². The molecule has 4 nitrogen and oxygen atoms in total. The van der Waals surface area contributed by atoms with Crippen molar-refractivity contribution in [2.75, 3.05) is 0 Å². The number of nitrogens with zero attached hydrogens (tertiary/aromatic N) is 4. The van der Waals surface area contributed by atoms with E-state index in [2.05, 4.69) is 16.7 Å². The van der Waals surface area contributed by atoms with E-state index in [1.165, 1.54) is 0 Å². The lowest BCUT2D eigenvalue weighted by Gasteiger charge is -2.14. The van der Waals surface area contributed by atoms with E-state index >= 15 is 0 Å². The number of hydrogen-bond donors (Lipinski definition) is 0. The third kappa shape index (κ3) is 4.63. The van der Waals surface area contributed by atoms with Crippen molar-refractivity contribution >= 4 is 53.3 Å². The summed E-state index contributed by atoms with van der Waals surface area (Å²) in [4.78, 5) is 14.6. The van der Waals surface area contributed by atoms with Crippen molar-refractivity contribution < 1.29 is 16.4 Å². The number of hydrogen-bond acceptors (Lipinski definition) is 4. The largest absolute Gasteiger partial charge is 0.309 e. The maximum Gasteiger partial charge on any atom is 0.166 e. The van der Waals surface area contributed by atoms with Gasteiger partial charge in [0, 0.05) is 47.6 Å². The molecule has 50 heavy (non-hydrogen) atoms. The average molecular weight is 669 g/mol. The van der Waals surface area contributed by atoms with Gasteiger partial charge in [-0.1, -0.05) is 133 Å². The molecule has 0 spiro atoms. The molecule has 0 aliphatic carbocycles. The van der Waals surface area contributed by atoms with Crippen molar-refractivity contribution in [2.24, 2.45) is 0 Å². The lowest BCUT2D eigenvalue weighted by Crippen LogP contribution is -2.03. The Hall–Kier alpha value is -6.43. The molecular formula is C45H28N4S. The number of rotatable bonds is 5. The number of aromatic nitrogens is 4. The molecule has 0 bridgehead atoms. The molecule has 234 valence electrons. The van der Waals surface area contributed by atoms with E-state index in [1.54, 1.807) is 24.3 Å². The Labute approximate surface area is 309 Å². The van der Waals surface area contributed by atoms with Crippen LogP contribution < -0.4 is 0 Å². The van der Waals surface area contributed by atoms with Crippen LogP contribution in [0.15, 0.2) is 170 Å². The van der Waals surface area contributed by atoms with Crippen molar-refractivity contribution in [1.82, 2.24) is 19.5 Å². The normalized spacial score (nSPS) is 15.0. The molecule has 0 aliphatic rings. The highest BCUT2D eigenvalue weighted by atomic mass is 32.1. The van der Waals surface area contributed by atoms with Gasteiger partial charge in [0.05, 0.1) is 33.2 Å². The maximum atomic E-state index is 9.10. The molecule has 10 aromatic rings. The molecule has 5 heteroatoms. The third-order valence-electron chi connectivity index (χ3n) is 8.67. The second kappa shape index (κ2) is 11.6. The second-order valence-electron chi connectivity index (χ2n) is 11.5. The van der Waals surface area contributed by atoms with E-state index in [-0.39, 0.29) is 68.2 Å². The van der Waals surface area contributed by atoms with Gasteiger partial charge in [0.1, 0.15) is 0 Å². The monoisotopic (exact) mass is 668 g/mol. The Bertz CT molecular complexity index is 3500. The van der Waals surface area contributed by atoms with E-state index in [4.69, 9.17) is 31.4 Å². The third-order valence-corrected chi connectivity index (χ3v) is 9.79. The molecule has 0 saturated heterocycles. The first-order chi connectivity index (χ1) is 29.8. The Kier molecular flexibility index (Phi) is 4.40. The standard InChI is InChI=1S/C45H28N4S/c1-2-14-29(15-3-1)43-46-44(31-17-12-16-30(28-31)32-22-13-23-36-35-20-7-11-27-41(35)50-42(32)36)48-45(47-43)37-21-6-10-26-40(37)49-38-24-8-4-18-33(38)34-19-5-9-25-39(34)49/h1-28H/i1D,2D,3D,7D,11D,13D,14D,15D,20D,22D,23D,27D. The van der Waals surface area contributed by atoms with Gasteiger partial charge in [-0.05, 0) is 47.5 Å². The summed E-state index contributed by atoms with van der Waals surface area (Å²) in [6, 6.07) is 25.1. The van der Waals surface area contributed by atoms with Gasteiger partial charge in [0.15, 0.2) is 17.5 Å². The predicted molar refractivity (Wildman–Crippen MR) is 209 cm³/mol. The molecule has 7 aromatic carbocycles. The summed E-state index contributed by atoms with van der Waals surface area (Å²) in [5.74, 6) is 0.0357. The quantitative estimate of drug-likeness (QED) is 0.183. The maximum absolute atomic E-state index is 9.10. The first-order valence-corrected chi connectivity index (χ1v) is 16.5. The fourth-order valence-corrected chi connectivity index (χ4v) is 7.57. The van der Waals surface area contributed by atoms with Crippen molar-refractivity contribution in [3.63, 3.8) is 0 Å². The molecule has 0 amide bonds. The summed E-state index contributed by atoms with van der Waals surface area (Å²) in [5, 5.41) is 2.31. The minimum atomic E-state index is -0.568. The summed E-state index contributed by atoms with van der Waals surface area (Å²) in [7, 11) is 0. The Balaban J connectivity index is 1.25. The zero-order valence-corrected chi connectivity index (χ0v) is 26.8. The molecule has 0 saturated carbocycles. The molecule has 3 heterocycles. The summed E-state index contributed by atoms with van der Waals surface area (Å²) >= 11 is 1.02. The molecule has 0 N–H and O–H groups in total. The fourth-order valence-electron chi connectivity index (χ4n) is 6.48. The summed E-state index contributed by atoms with van der Waals surface area (Å²) in [6.07, 6.45) is 0. The minimum absolute atomic E-state index is 0.0672. The van der Waals surface area contributed by atoms with Crippen LogP contribution in [0, 0.1) is 0 Å². The number of benzene rings is 7. The predicted octanol–water partition coefficient (Wildman–Crippen LogP) is 12.0. The van der Waals surface area contributed by atoms with Crippen LogP contribution in [0.2, 0.25) is 0 Å². The van der Waals surface area contributed by atoms with Crippen molar-refractivity contribution in [2.45, 2.75) is 0 Å². The van der Waals surface area contributed by atoms with Gasteiger partial charge in [-0.2, -0.15) is 0 Å². The zero-order valence-electron chi connectivity index (χ0n) is 37.9. The second-order valence-corrected chi connectivity index (χ2v) is 12.6. The van der Waals surface area contributed by atoms with E-state index in [9.17, 15) is 0 Å². The molecule has 0 aliphatic heterocycles. The Morgan fingerprint density at radius 1 is 0.460 bits per heavy atom. The fraction of sp³-hybridized carbons (Fsp3) is 0. The van der Waals surface area contributed by atoms with Crippen LogP contribution >= 0.6 is 11.3 Å². The van der Waals surface area contributed by atoms with Gasteiger partial charge in [0.25, 0.3) is 0 Å². The smallest absolute Gasteiger partial charge is 0.166 e. The van der Waals surface area contributed by atoms with Gasteiger partial charge >= 0.3 is 0 Å². The van der Waals surface area contributed by atoms with E-state index in [0.717, 1.165) is 33.1 Å². The van der Waals surface area contributed by atoms with Crippen molar-refractivity contribution in [1.29, 1.82) is 0 Å². The Morgan fingerprint density at radius 3 is 1.92 bits per heavy atom. The number of fused-ring (bicyclic) bond motifs is 6. The first-order valence-electron chi connectivity index (χ1n) is 21.7. The average Bonchev–Trinajstić information content (AvgIpc) is 3.85. The van der Waals surface area contributed by atoms with Gasteiger partial charge in [-0.3, -0.25) is 0 Å². The van der Waals surface area contributed by atoms with Crippen molar-refractivity contribution in [3.05, 3.63) is 170 Å². The van der Waals surface area contributed by atoms with Crippen LogP contribution in [-0.2, 0) is 0 Å². The lowest BCUT2D eigenvalue weighted by molar-refractivity contribution is 1.06. The molecule has 0 unspecified atom stereocenters. The van der Waals surface area contributed by atoms with Crippen LogP contribution in [0.4, 0.5) is 0 Å². The summed E-state index contributed by atoms with van der Waals surface area (Å²) in [6.45, 7) is 0. The molecule has 0 atom stereocenters. The van der Waals surface area contributed by atoms with Gasteiger partial charge in [0.2, 0.25) is 0 Å². The summed E-state index contributed by atoms with van der Waals surface area (Å²) < 4.78 is 106. The van der Waals surface area contributed by atoms with Gasteiger partial charge in [-0.15, -0.1) is 11.3 Å². The van der Waals surface area contributed by atoms with Crippen LogP contribution in [0.1, 0.15) is 16.4 Å². The SMILES string of the molecule is [2H]c1c([2H])c([2H])c(-c2nc(-c3cccc(-c4c([2H])c([2H])c([2H])c5c4sc4c([2H])c([2H])c([2H])c([2H])c45)c3)nc(-c3ccccc3-n3c4ccccc4c4ccccc43)n2)c([2H])c1[2H]. The molecule has 0 radical (unpaired) electrons. The number of para-hydroxylation sites is 3. The molecule has 0 fully saturated rings. The van der Waals surface area contributed by atoms with Crippen LogP contribution in [0.5, 0.6) is 0 Å². The Morgan fingerprint density at radius 2 is 1.10 bits per heavy atom. The first kappa shape index (κ1) is 18.9. The molecular weight excluding hydrogens is 629 g/mol. The number of thiophene rings is 1. The molecule has 3 aromatic heterocycles. The van der Waals surface area contributed by atoms with E-state index < -0.39 is 48.3 Å². The highest BCUT2D eigenvalue weighted by molar-refractivity contribution is 7.26. The van der Waals surface area contributed by atoms with Crippen LogP contribution in [-0.4, -0.2) is 19.5 Å². The van der Waals surface area contributed by atoms with Crippen LogP contribution in [0.25, 0.3) is 93.0 Å². The summed E-state index contributed by atoms with van der Waals surface area (Å²) in [5.41, 5.74) is 3.91. The highest BCUT2D eigenvalue weighted by Crippen LogP contribution is 2.41. The van der Waals surface area contributed by atoms with Crippen LogP contribution in [0.3, 0.4) is 0 Å². The minimum Gasteiger partial charge on any atom is -0.309 e.